The van der Waals surface area contributed by atoms with Gasteiger partial charge in [-0.2, -0.15) is 8.42 Å². The molecule has 2 fully saturated rings. The van der Waals surface area contributed by atoms with E-state index in [0.717, 1.165) is 5.56 Å². The SMILES string of the molecule is Cc1ccc(S(=O)(=O)O[C@@H]2[C@@H](C)[C@@H]3[C@@H]2S(=O)(=O)C3(C)C)cc1. The van der Waals surface area contributed by atoms with E-state index >= 15 is 0 Å². The van der Waals surface area contributed by atoms with Crippen molar-refractivity contribution in [1.82, 2.24) is 0 Å². The molecule has 4 atom stereocenters. The topological polar surface area (TPSA) is 77.5 Å². The van der Waals surface area contributed by atoms with Crippen molar-refractivity contribution >= 4 is 20.0 Å². The maximum Gasteiger partial charge on any atom is 0.297 e. The Morgan fingerprint density at radius 2 is 1.68 bits per heavy atom. The summed E-state index contributed by atoms with van der Waals surface area (Å²) in [5.41, 5.74) is 0.944. The maximum absolute atomic E-state index is 12.3. The molecule has 0 N–H and O–H groups in total. The Bertz CT molecular complexity index is 806. The quantitative estimate of drug-likeness (QED) is 0.783. The average Bonchev–Trinajstić information content (AvgIpc) is 2.41. The Kier molecular flexibility index (Phi) is 3.30. The van der Waals surface area contributed by atoms with Gasteiger partial charge < -0.3 is 0 Å². The lowest BCUT2D eigenvalue weighted by Gasteiger charge is -2.64. The van der Waals surface area contributed by atoms with Gasteiger partial charge in [-0.05, 0) is 38.8 Å². The molecular formula is C15H20O5S2. The predicted octanol–water partition coefficient (Wildman–Crippen LogP) is 1.91. The summed E-state index contributed by atoms with van der Waals surface area (Å²) >= 11 is 0. The standard InChI is InChI=1S/C15H20O5S2/c1-9-5-7-11(8-6-9)22(18,19)20-13-10(2)12-14(13)21(16,17)15(12,3)4/h5-8,10,12-14H,1-4H3/t10-,12+,13+,14-/m0/s1. The first-order valence-corrected chi connectivity index (χ1v) is 10.2. The Morgan fingerprint density at radius 3 is 2.23 bits per heavy atom. The van der Waals surface area contributed by atoms with Gasteiger partial charge in [0, 0.05) is 5.92 Å². The van der Waals surface area contributed by atoms with Crippen LogP contribution in [0.15, 0.2) is 29.2 Å². The monoisotopic (exact) mass is 344 g/mol. The third-order valence-electron chi connectivity index (χ3n) is 5.20. The van der Waals surface area contributed by atoms with Crippen LogP contribution in [0, 0.1) is 18.8 Å². The number of hydrogen-bond acceptors (Lipinski definition) is 5. The molecule has 1 saturated carbocycles. The molecule has 1 aliphatic carbocycles. The van der Waals surface area contributed by atoms with Crippen molar-refractivity contribution in [2.45, 2.75) is 48.7 Å². The number of hydrogen-bond donors (Lipinski definition) is 0. The van der Waals surface area contributed by atoms with Crippen molar-refractivity contribution in [2.75, 3.05) is 0 Å². The van der Waals surface area contributed by atoms with E-state index < -0.39 is 36.1 Å². The Hall–Kier alpha value is -0.920. The molecule has 5 nitrogen and oxygen atoms in total. The van der Waals surface area contributed by atoms with E-state index in [2.05, 4.69) is 0 Å². The molecule has 122 valence electrons. The van der Waals surface area contributed by atoms with E-state index in [9.17, 15) is 16.8 Å². The van der Waals surface area contributed by atoms with Crippen molar-refractivity contribution in [3.8, 4) is 0 Å². The highest BCUT2D eigenvalue weighted by Gasteiger charge is 2.74. The fourth-order valence-corrected chi connectivity index (χ4v) is 7.86. The zero-order valence-corrected chi connectivity index (χ0v) is 14.6. The highest BCUT2D eigenvalue weighted by molar-refractivity contribution is 7.95. The molecule has 1 saturated heterocycles. The van der Waals surface area contributed by atoms with Gasteiger partial charge in [-0.25, -0.2) is 8.42 Å². The third kappa shape index (κ3) is 1.91. The lowest BCUT2D eigenvalue weighted by Crippen LogP contribution is -2.78. The Labute approximate surface area is 131 Å². The van der Waals surface area contributed by atoms with Crippen LogP contribution in [-0.2, 0) is 24.1 Å². The predicted molar refractivity (Wildman–Crippen MR) is 82.7 cm³/mol. The van der Waals surface area contributed by atoms with Gasteiger partial charge in [-0.1, -0.05) is 24.6 Å². The lowest BCUT2D eigenvalue weighted by atomic mass is 9.64. The second-order valence-corrected chi connectivity index (χ2v) is 11.1. The number of aryl methyl sites for hydroxylation is 1. The minimum Gasteiger partial charge on any atom is -0.261 e. The molecule has 0 amide bonds. The molecule has 1 aromatic rings. The summed E-state index contributed by atoms with van der Waals surface area (Å²) < 4.78 is 53.7. The second-order valence-electron chi connectivity index (χ2n) is 6.83. The zero-order chi connectivity index (χ0) is 16.5. The molecule has 7 heteroatoms. The normalized spacial score (nSPS) is 35.1. The Morgan fingerprint density at radius 1 is 1.14 bits per heavy atom. The number of sulfone groups is 1. The van der Waals surface area contributed by atoms with Crippen LogP contribution in [0.25, 0.3) is 0 Å². The first-order chi connectivity index (χ1) is 10.00. The largest absolute Gasteiger partial charge is 0.297 e. The molecular weight excluding hydrogens is 324 g/mol. The van der Waals surface area contributed by atoms with E-state index in [-0.39, 0.29) is 16.7 Å². The van der Waals surface area contributed by atoms with Gasteiger partial charge in [-0.15, -0.1) is 0 Å². The molecule has 0 aromatic heterocycles. The molecule has 22 heavy (non-hydrogen) atoms. The van der Waals surface area contributed by atoms with Crippen molar-refractivity contribution < 1.29 is 21.0 Å². The van der Waals surface area contributed by atoms with E-state index in [1.165, 1.54) is 12.1 Å². The molecule has 1 heterocycles. The summed E-state index contributed by atoms with van der Waals surface area (Å²) in [5.74, 6) is -0.125. The van der Waals surface area contributed by atoms with Gasteiger partial charge in [0.15, 0.2) is 9.84 Å². The molecule has 2 aliphatic rings. The summed E-state index contributed by atoms with van der Waals surface area (Å²) in [6, 6.07) is 6.33. The van der Waals surface area contributed by atoms with Crippen molar-refractivity contribution in [3.05, 3.63) is 29.8 Å². The first-order valence-electron chi connectivity index (χ1n) is 7.23. The molecule has 0 spiro atoms. The van der Waals surface area contributed by atoms with Gasteiger partial charge >= 0.3 is 0 Å². The van der Waals surface area contributed by atoms with E-state index in [1.54, 1.807) is 26.0 Å². The number of benzene rings is 1. The fourth-order valence-electron chi connectivity index (χ4n) is 3.78. The van der Waals surface area contributed by atoms with Crippen LogP contribution < -0.4 is 0 Å². The third-order valence-corrected chi connectivity index (χ3v) is 9.55. The van der Waals surface area contributed by atoms with Crippen molar-refractivity contribution in [2.24, 2.45) is 11.8 Å². The smallest absolute Gasteiger partial charge is 0.261 e. The van der Waals surface area contributed by atoms with E-state index in [0.29, 0.717) is 0 Å². The molecule has 0 bridgehead atoms. The van der Waals surface area contributed by atoms with Gasteiger partial charge in [0.05, 0.1) is 21.0 Å². The van der Waals surface area contributed by atoms with Crippen molar-refractivity contribution in [3.63, 3.8) is 0 Å². The molecule has 1 aromatic carbocycles. The van der Waals surface area contributed by atoms with Crippen LogP contribution in [0.3, 0.4) is 0 Å². The Balaban J connectivity index is 1.85. The summed E-state index contributed by atoms with van der Waals surface area (Å²) in [6.45, 7) is 7.11. The summed E-state index contributed by atoms with van der Waals surface area (Å²) in [4.78, 5) is 0.0599. The van der Waals surface area contributed by atoms with Crippen LogP contribution in [-0.4, -0.2) is 32.9 Å². The highest BCUT2D eigenvalue weighted by atomic mass is 32.2. The molecule has 0 unspecified atom stereocenters. The van der Waals surface area contributed by atoms with E-state index in [4.69, 9.17) is 4.18 Å². The van der Waals surface area contributed by atoms with Gasteiger partial charge in [0.1, 0.15) is 0 Å². The summed E-state index contributed by atoms with van der Waals surface area (Å²) in [5, 5.41) is -0.697. The maximum atomic E-state index is 12.3. The fraction of sp³-hybridized carbons (Fsp3) is 0.600. The molecule has 1 aliphatic heterocycles. The minimum absolute atomic E-state index is 0.0317. The highest BCUT2D eigenvalue weighted by Crippen LogP contribution is 2.61. The van der Waals surface area contributed by atoms with Gasteiger partial charge in [0.2, 0.25) is 0 Å². The van der Waals surface area contributed by atoms with Crippen LogP contribution in [0.4, 0.5) is 0 Å². The van der Waals surface area contributed by atoms with Crippen LogP contribution in [0.5, 0.6) is 0 Å². The lowest BCUT2D eigenvalue weighted by molar-refractivity contribution is -0.0324. The molecule has 3 rings (SSSR count). The van der Waals surface area contributed by atoms with Crippen LogP contribution in [0.2, 0.25) is 0 Å². The summed E-state index contributed by atoms with van der Waals surface area (Å²) in [7, 11) is -7.28. The zero-order valence-electron chi connectivity index (χ0n) is 13.0. The van der Waals surface area contributed by atoms with Gasteiger partial charge in [-0.3, -0.25) is 4.18 Å². The number of rotatable bonds is 3. The first kappa shape index (κ1) is 16.0. The minimum atomic E-state index is -3.94. The van der Waals surface area contributed by atoms with Crippen molar-refractivity contribution in [1.29, 1.82) is 0 Å². The van der Waals surface area contributed by atoms with Crippen LogP contribution in [0.1, 0.15) is 26.3 Å². The average molecular weight is 344 g/mol. The summed E-state index contributed by atoms with van der Waals surface area (Å²) in [6.07, 6.45) is -0.783. The molecule has 0 radical (unpaired) electrons. The second kappa shape index (κ2) is 4.55. The number of fused-ring (bicyclic) bond motifs is 1. The van der Waals surface area contributed by atoms with Gasteiger partial charge in [0.25, 0.3) is 10.1 Å². The van der Waals surface area contributed by atoms with E-state index in [1.807, 2.05) is 13.8 Å². The van der Waals surface area contributed by atoms with Crippen LogP contribution >= 0.6 is 0 Å².